The van der Waals surface area contributed by atoms with Crippen molar-refractivity contribution in [2.45, 2.75) is 52.5 Å². The molecule has 0 saturated carbocycles. The fraction of sp³-hybridized carbons (Fsp3) is 0.769. The third-order valence-corrected chi connectivity index (χ3v) is 2.78. The third-order valence-electron chi connectivity index (χ3n) is 2.78. The molecule has 16 heavy (non-hydrogen) atoms. The van der Waals surface area contributed by atoms with Crippen LogP contribution >= 0.6 is 0 Å². The van der Waals surface area contributed by atoms with Crippen LogP contribution in [0.15, 0.2) is 0 Å². The maximum absolute atomic E-state index is 11.4. The molecule has 3 nitrogen and oxygen atoms in total. The standard InChI is InChI=1S/C13H21NO2/c1-4-5-6-7-8-9-14-12(11(2)3)10-16-13(14)15/h11-12H,4-7,10H2,1-3H3/t12-/m1/s1. The van der Waals surface area contributed by atoms with Gasteiger partial charge in [-0.25, -0.2) is 9.69 Å². The van der Waals surface area contributed by atoms with Gasteiger partial charge in [0.15, 0.2) is 0 Å². The lowest BCUT2D eigenvalue weighted by Crippen LogP contribution is -2.33. The summed E-state index contributed by atoms with van der Waals surface area (Å²) < 4.78 is 5.00. The average molecular weight is 223 g/mol. The summed E-state index contributed by atoms with van der Waals surface area (Å²) >= 11 is 0. The molecule has 3 heteroatoms. The van der Waals surface area contributed by atoms with E-state index in [-0.39, 0.29) is 12.1 Å². The summed E-state index contributed by atoms with van der Waals surface area (Å²) in [5, 5.41) is 0. The summed E-state index contributed by atoms with van der Waals surface area (Å²) in [5.74, 6) is 3.44. The van der Waals surface area contributed by atoms with Crippen molar-refractivity contribution in [2.75, 3.05) is 6.61 Å². The maximum Gasteiger partial charge on any atom is 0.422 e. The Morgan fingerprint density at radius 1 is 1.50 bits per heavy atom. The zero-order valence-electron chi connectivity index (χ0n) is 10.5. The van der Waals surface area contributed by atoms with Gasteiger partial charge in [-0.15, -0.1) is 0 Å². The first kappa shape index (κ1) is 12.9. The smallest absolute Gasteiger partial charge is 0.422 e. The van der Waals surface area contributed by atoms with E-state index >= 15 is 0 Å². The lowest BCUT2D eigenvalue weighted by Gasteiger charge is -2.17. The Balaban J connectivity index is 2.46. The Labute approximate surface area is 98.1 Å². The fourth-order valence-electron chi connectivity index (χ4n) is 1.66. The zero-order valence-corrected chi connectivity index (χ0v) is 10.5. The van der Waals surface area contributed by atoms with E-state index in [2.05, 4.69) is 32.7 Å². The number of hydrogen-bond acceptors (Lipinski definition) is 2. The van der Waals surface area contributed by atoms with Crippen LogP contribution in [0.1, 0.15) is 46.5 Å². The van der Waals surface area contributed by atoms with Crippen LogP contribution in [0.4, 0.5) is 4.79 Å². The molecule has 0 aromatic carbocycles. The number of carbonyl (C=O) groups excluding carboxylic acids is 1. The Bertz CT molecular complexity index is 288. The van der Waals surface area contributed by atoms with E-state index < -0.39 is 0 Å². The number of cyclic esters (lactones) is 1. The van der Waals surface area contributed by atoms with Gasteiger partial charge in [-0.3, -0.25) is 0 Å². The SMILES string of the molecule is CCCCCC#CN1C(=O)OC[C@@H]1C(C)C. The molecule has 1 rings (SSSR count). The summed E-state index contributed by atoms with van der Waals surface area (Å²) in [6.45, 7) is 6.80. The van der Waals surface area contributed by atoms with Gasteiger partial charge in [0.25, 0.3) is 0 Å². The summed E-state index contributed by atoms with van der Waals surface area (Å²) in [5.41, 5.74) is 0. The molecule has 1 fully saturated rings. The van der Waals surface area contributed by atoms with Crippen LogP contribution in [0.3, 0.4) is 0 Å². The first-order valence-corrected chi connectivity index (χ1v) is 6.11. The summed E-state index contributed by atoms with van der Waals surface area (Å²) in [4.78, 5) is 13.0. The molecular formula is C13H21NO2. The summed E-state index contributed by atoms with van der Waals surface area (Å²) in [7, 11) is 0. The van der Waals surface area contributed by atoms with Gasteiger partial charge >= 0.3 is 6.09 Å². The molecule has 0 N–H and O–H groups in total. The highest BCUT2D eigenvalue weighted by atomic mass is 16.6. The Morgan fingerprint density at radius 2 is 2.25 bits per heavy atom. The predicted octanol–water partition coefficient (Wildman–Crippen LogP) is 3.00. The topological polar surface area (TPSA) is 29.5 Å². The van der Waals surface area contributed by atoms with Crippen molar-refractivity contribution < 1.29 is 9.53 Å². The second-order valence-electron chi connectivity index (χ2n) is 4.50. The highest BCUT2D eigenvalue weighted by Gasteiger charge is 2.33. The molecule has 1 aliphatic rings. The van der Waals surface area contributed by atoms with Gasteiger partial charge in [0, 0.05) is 12.5 Å². The molecule has 1 heterocycles. The molecule has 1 atom stereocenters. The third kappa shape index (κ3) is 3.44. The van der Waals surface area contributed by atoms with Gasteiger partial charge in [-0.1, -0.05) is 39.5 Å². The van der Waals surface area contributed by atoms with Gasteiger partial charge in [-0.05, 0) is 12.3 Å². The molecule has 1 aliphatic heterocycles. The Morgan fingerprint density at radius 3 is 2.88 bits per heavy atom. The Kier molecular flexibility index (Phi) is 5.18. The second kappa shape index (κ2) is 6.42. The van der Waals surface area contributed by atoms with Gasteiger partial charge < -0.3 is 4.74 Å². The van der Waals surface area contributed by atoms with Crippen molar-refractivity contribution in [3.8, 4) is 12.0 Å². The van der Waals surface area contributed by atoms with Gasteiger partial charge in [0.05, 0.1) is 6.04 Å². The number of unbranched alkanes of at least 4 members (excludes halogenated alkanes) is 3. The van der Waals surface area contributed by atoms with Crippen LogP contribution in [0.5, 0.6) is 0 Å². The number of rotatable bonds is 4. The molecule has 0 aliphatic carbocycles. The molecule has 0 unspecified atom stereocenters. The highest BCUT2D eigenvalue weighted by Crippen LogP contribution is 2.18. The highest BCUT2D eigenvalue weighted by molar-refractivity contribution is 5.72. The van der Waals surface area contributed by atoms with Crippen molar-refractivity contribution in [1.29, 1.82) is 0 Å². The molecule has 1 amide bonds. The van der Waals surface area contributed by atoms with Crippen LogP contribution in [0, 0.1) is 17.9 Å². The first-order valence-electron chi connectivity index (χ1n) is 6.11. The minimum Gasteiger partial charge on any atom is -0.446 e. The average Bonchev–Trinajstić information content (AvgIpc) is 2.60. The minimum atomic E-state index is -0.290. The first-order chi connectivity index (χ1) is 7.66. The van der Waals surface area contributed by atoms with Crippen molar-refractivity contribution in [2.24, 2.45) is 5.92 Å². The molecule has 0 aromatic heterocycles. The monoisotopic (exact) mass is 223 g/mol. The van der Waals surface area contributed by atoms with Crippen molar-refractivity contribution in [1.82, 2.24) is 4.90 Å². The van der Waals surface area contributed by atoms with Gasteiger partial charge in [0.2, 0.25) is 0 Å². The van der Waals surface area contributed by atoms with E-state index in [4.69, 9.17) is 4.74 Å². The molecule has 0 spiro atoms. The number of amides is 1. The predicted molar refractivity (Wildman–Crippen MR) is 63.7 cm³/mol. The lowest BCUT2D eigenvalue weighted by molar-refractivity contribution is 0.167. The molecule has 0 aromatic rings. The van der Waals surface area contributed by atoms with Crippen LogP contribution < -0.4 is 0 Å². The molecule has 1 saturated heterocycles. The maximum atomic E-state index is 11.4. The molecule has 0 bridgehead atoms. The minimum absolute atomic E-state index is 0.117. The molecule has 90 valence electrons. The van der Waals surface area contributed by atoms with Crippen LogP contribution in [-0.4, -0.2) is 23.6 Å². The van der Waals surface area contributed by atoms with E-state index in [1.54, 1.807) is 4.90 Å². The summed E-state index contributed by atoms with van der Waals surface area (Å²) in [6.07, 6.45) is 4.08. The van der Waals surface area contributed by atoms with Crippen LogP contribution in [-0.2, 0) is 4.74 Å². The van der Waals surface area contributed by atoms with Crippen LogP contribution in [0.25, 0.3) is 0 Å². The van der Waals surface area contributed by atoms with Gasteiger partial charge in [-0.2, -0.15) is 0 Å². The Hall–Kier alpha value is -1.17. The number of nitrogens with zero attached hydrogens (tertiary/aromatic N) is 1. The lowest BCUT2D eigenvalue weighted by atomic mass is 10.1. The quantitative estimate of drug-likeness (QED) is 0.541. The van der Waals surface area contributed by atoms with E-state index in [9.17, 15) is 4.79 Å². The fourth-order valence-corrected chi connectivity index (χ4v) is 1.66. The van der Waals surface area contributed by atoms with Crippen molar-refractivity contribution in [3.63, 3.8) is 0 Å². The van der Waals surface area contributed by atoms with Crippen molar-refractivity contribution >= 4 is 6.09 Å². The largest absolute Gasteiger partial charge is 0.446 e. The molecular weight excluding hydrogens is 202 g/mol. The summed E-state index contributed by atoms with van der Waals surface area (Å²) in [6, 6.07) is 3.05. The van der Waals surface area contributed by atoms with E-state index in [1.807, 2.05) is 0 Å². The number of carbonyl (C=O) groups is 1. The van der Waals surface area contributed by atoms with E-state index in [0.717, 1.165) is 12.8 Å². The van der Waals surface area contributed by atoms with Crippen molar-refractivity contribution in [3.05, 3.63) is 0 Å². The van der Waals surface area contributed by atoms with E-state index in [0.29, 0.717) is 12.5 Å². The van der Waals surface area contributed by atoms with E-state index in [1.165, 1.54) is 12.8 Å². The van der Waals surface area contributed by atoms with Crippen LogP contribution in [0.2, 0.25) is 0 Å². The second-order valence-corrected chi connectivity index (χ2v) is 4.50. The normalized spacial score (nSPS) is 19.6. The molecule has 0 radical (unpaired) electrons. The number of hydrogen-bond donors (Lipinski definition) is 0. The zero-order chi connectivity index (χ0) is 12.0. The van der Waals surface area contributed by atoms with Gasteiger partial charge in [0.1, 0.15) is 6.61 Å². The number of ether oxygens (including phenoxy) is 1.